The largest absolute Gasteiger partial charge is 0.497 e. The third-order valence-corrected chi connectivity index (χ3v) is 10.8. The van der Waals surface area contributed by atoms with E-state index >= 15 is 0 Å². The summed E-state index contributed by atoms with van der Waals surface area (Å²) in [7, 11) is 5.80. The number of anilines is 1. The van der Waals surface area contributed by atoms with Gasteiger partial charge >= 0.3 is 0 Å². The van der Waals surface area contributed by atoms with Crippen molar-refractivity contribution in [2.24, 2.45) is 28.2 Å². The quantitative estimate of drug-likeness (QED) is 0.300. The summed E-state index contributed by atoms with van der Waals surface area (Å²) in [6.07, 6.45) is 5.51. The number of hydrogen-bond donors (Lipinski definition) is 1. The van der Waals surface area contributed by atoms with Crippen LogP contribution in [0.5, 0.6) is 5.75 Å². The standard InChI is InChI=1S/C34H45FN6O2/c1-21-28-15-23(34(28,2)3)16-30(21)38-33(40-14-12-25(19-40)39(4)5)37-24-8-10-27-31(17-24)36-20-41(32(27)42)13-11-22-7-9-26(43-6)18-29(22)35/h7-10,17-18,20-21,23,25,28,30H,11-16,19H2,1-6H3,(H,37,38)/t21-,23+,25+,28-,30-/m0/s1. The van der Waals surface area contributed by atoms with Gasteiger partial charge in [0.25, 0.3) is 5.56 Å². The van der Waals surface area contributed by atoms with Crippen LogP contribution in [0.2, 0.25) is 0 Å². The van der Waals surface area contributed by atoms with E-state index in [2.05, 4.69) is 55.0 Å². The third-order valence-electron chi connectivity index (χ3n) is 10.8. The molecule has 9 heteroatoms. The van der Waals surface area contributed by atoms with E-state index in [1.54, 1.807) is 23.0 Å². The molecule has 4 aliphatic rings. The second kappa shape index (κ2) is 11.6. The number of guanidine groups is 1. The molecule has 7 rings (SSSR count). The van der Waals surface area contributed by atoms with E-state index < -0.39 is 0 Å². The summed E-state index contributed by atoms with van der Waals surface area (Å²) in [6, 6.07) is 11.3. The Morgan fingerprint density at radius 2 is 2.02 bits per heavy atom. The highest BCUT2D eigenvalue weighted by molar-refractivity contribution is 5.96. The van der Waals surface area contributed by atoms with Crippen LogP contribution in [0.4, 0.5) is 10.1 Å². The number of likely N-dealkylation sites (tertiary alicyclic amines) is 1. The van der Waals surface area contributed by atoms with Gasteiger partial charge < -0.3 is 19.9 Å². The number of likely N-dealkylation sites (N-methyl/N-ethyl adjacent to an activating group) is 1. The van der Waals surface area contributed by atoms with Gasteiger partial charge in [-0.25, -0.2) is 14.4 Å². The zero-order chi connectivity index (χ0) is 30.5. The first-order chi connectivity index (χ1) is 20.5. The SMILES string of the molecule is COc1ccc(CCn2cnc3cc(NC(=N[C@H]4C[C@H]5C[C@@H]([C@@H]4C)C5(C)C)N4CC[C@@H](N(C)C)C4)ccc3c2=O)c(F)c1. The zero-order valence-corrected chi connectivity index (χ0v) is 26.3. The van der Waals surface area contributed by atoms with Crippen LogP contribution in [0.15, 0.2) is 52.5 Å². The molecule has 2 bridgehead atoms. The molecular weight excluding hydrogens is 543 g/mol. The Labute approximate surface area is 254 Å². The number of aliphatic imine (C=N–C) groups is 1. The van der Waals surface area contributed by atoms with Crippen LogP contribution in [0.25, 0.3) is 10.9 Å². The van der Waals surface area contributed by atoms with Crippen molar-refractivity contribution < 1.29 is 9.13 Å². The van der Waals surface area contributed by atoms with E-state index in [1.807, 2.05) is 18.2 Å². The van der Waals surface area contributed by atoms with Crippen LogP contribution in [0.1, 0.15) is 45.6 Å². The van der Waals surface area contributed by atoms with Gasteiger partial charge in [0.15, 0.2) is 5.96 Å². The van der Waals surface area contributed by atoms with Crippen molar-refractivity contribution in [1.29, 1.82) is 0 Å². The lowest BCUT2D eigenvalue weighted by molar-refractivity contribution is -0.108. The molecule has 3 saturated carbocycles. The Bertz CT molecular complexity index is 1580. The number of rotatable bonds is 7. The maximum absolute atomic E-state index is 14.4. The van der Waals surface area contributed by atoms with E-state index in [4.69, 9.17) is 9.73 Å². The normalized spacial score (nSPS) is 26.6. The Balaban J connectivity index is 1.22. The van der Waals surface area contributed by atoms with Crippen LogP contribution in [-0.2, 0) is 13.0 Å². The van der Waals surface area contributed by atoms with Crippen molar-refractivity contribution in [2.75, 3.05) is 39.6 Å². The first kappa shape index (κ1) is 29.6. The summed E-state index contributed by atoms with van der Waals surface area (Å²) >= 11 is 0. The maximum atomic E-state index is 14.4. The highest BCUT2D eigenvalue weighted by atomic mass is 19.1. The van der Waals surface area contributed by atoms with E-state index in [-0.39, 0.29) is 11.4 Å². The monoisotopic (exact) mass is 588 g/mol. The number of aryl methyl sites for hydroxylation is 2. The van der Waals surface area contributed by atoms with Gasteiger partial charge in [0.05, 0.1) is 30.4 Å². The lowest BCUT2D eigenvalue weighted by atomic mass is 9.45. The molecule has 4 fully saturated rings. The number of fused-ring (bicyclic) bond motifs is 3. The molecule has 2 aromatic carbocycles. The minimum atomic E-state index is -0.340. The second-order valence-electron chi connectivity index (χ2n) is 13.6. The number of hydrogen-bond acceptors (Lipinski definition) is 5. The minimum absolute atomic E-state index is 0.134. The van der Waals surface area contributed by atoms with Gasteiger partial charge in [-0.2, -0.15) is 0 Å². The van der Waals surface area contributed by atoms with Crippen molar-refractivity contribution in [3.8, 4) is 5.75 Å². The molecule has 1 aliphatic heterocycles. The lowest BCUT2D eigenvalue weighted by Gasteiger charge is -2.61. The maximum Gasteiger partial charge on any atom is 0.261 e. The molecule has 0 unspecified atom stereocenters. The molecule has 43 heavy (non-hydrogen) atoms. The number of ether oxygens (including phenoxy) is 1. The summed E-state index contributed by atoms with van der Waals surface area (Å²) in [5.41, 5.74) is 2.32. The summed E-state index contributed by atoms with van der Waals surface area (Å²) < 4.78 is 21.1. The molecule has 1 aromatic heterocycles. The molecule has 0 spiro atoms. The summed E-state index contributed by atoms with van der Waals surface area (Å²) in [6.45, 7) is 9.47. The van der Waals surface area contributed by atoms with Crippen LogP contribution >= 0.6 is 0 Å². The average Bonchev–Trinajstić information content (AvgIpc) is 3.48. The molecule has 230 valence electrons. The van der Waals surface area contributed by atoms with Crippen LogP contribution in [-0.4, -0.2) is 71.7 Å². The molecule has 3 aromatic rings. The Kier molecular flexibility index (Phi) is 7.96. The van der Waals surface area contributed by atoms with Gasteiger partial charge in [-0.1, -0.05) is 26.8 Å². The fourth-order valence-electron chi connectivity index (χ4n) is 7.62. The molecule has 8 nitrogen and oxygen atoms in total. The topological polar surface area (TPSA) is 75.0 Å². The molecule has 1 N–H and O–H groups in total. The van der Waals surface area contributed by atoms with Crippen molar-refractivity contribution in [3.63, 3.8) is 0 Å². The summed E-state index contributed by atoms with van der Waals surface area (Å²) in [4.78, 5) is 28.0. The molecule has 0 radical (unpaired) electrons. The summed E-state index contributed by atoms with van der Waals surface area (Å²) in [5, 5.41) is 4.18. The van der Waals surface area contributed by atoms with E-state index in [1.165, 1.54) is 19.6 Å². The van der Waals surface area contributed by atoms with Crippen molar-refractivity contribution in [2.45, 2.75) is 65.1 Å². The summed E-state index contributed by atoms with van der Waals surface area (Å²) in [5.74, 6) is 3.07. The lowest BCUT2D eigenvalue weighted by Crippen LogP contribution is -2.56. The molecule has 1 saturated heterocycles. The Morgan fingerprint density at radius 1 is 1.21 bits per heavy atom. The van der Waals surface area contributed by atoms with Gasteiger partial charge in [0, 0.05) is 37.4 Å². The number of halogens is 1. The third kappa shape index (κ3) is 5.64. The zero-order valence-electron chi connectivity index (χ0n) is 26.3. The van der Waals surface area contributed by atoms with E-state index in [0.29, 0.717) is 58.6 Å². The first-order valence-electron chi connectivity index (χ1n) is 15.6. The first-order valence-corrected chi connectivity index (χ1v) is 15.6. The number of nitrogens with one attached hydrogen (secondary N) is 1. The van der Waals surface area contributed by atoms with Gasteiger partial charge in [-0.15, -0.1) is 0 Å². The van der Waals surface area contributed by atoms with Crippen molar-refractivity contribution in [1.82, 2.24) is 19.4 Å². The van der Waals surface area contributed by atoms with E-state index in [9.17, 15) is 9.18 Å². The molecular formula is C34H45FN6O2. The number of nitrogens with zero attached hydrogens (tertiary/aromatic N) is 5. The molecule has 0 amide bonds. The van der Waals surface area contributed by atoms with Gasteiger partial charge in [0.1, 0.15) is 11.6 Å². The number of benzene rings is 2. The number of aromatic nitrogens is 2. The smallest absolute Gasteiger partial charge is 0.261 e. The second-order valence-corrected chi connectivity index (χ2v) is 13.6. The Hall–Kier alpha value is -3.46. The van der Waals surface area contributed by atoms with Crippen LogP contribution in [0, 0.1) is 29.0 Å². The average molecular weight is 589 g/mol. The van der Waals surface area contributed by atoms with E-state index in [0.717, 1.165) is 49.4 Å². The fourth-order valence-corrected chi connectivity index (χ4v) is 7.62. The highest BCUT2D eigenvalue weighted by Crippen LogP contribution is 2.61. The molecule has 2 heterocycles. The van der Waals surface area contributed by atoms with Crippen LogP contribution in [0.3, 0.4) is 0 Å². The van der Waals surface area contributed by atoms with Gasteiger partial charge in [0.2, 0.25) is 0 Å². The predicted octanol–water partition coefficient (Wildman–Crippen LogP) is 5.26. The highest BCUT2D eigenvalue weighted by Gasteiger charge is 2.56. The van der Waals surface area contributed by atoms with Crippen LogP contribution < -0.4 is 15.6 Å². The van der Waals surface area contributed by atoms with Crippen molar-refractivity contribution in [3.05, 3.63) is 64.5 Å². The fraction of sp³-hybridized carbons (Fsp3) is 0.559. The Morgan fingerprint density at radius 3 is 2.70 bits per heavy atom. The predicted molar refractivity (Wildman–Crippen MR) is 170 cm³/mol. The molecule has 5 atom stereocenters. The molecule has 3 aliphatic carbocycles. The van der Waals surface area contributed by atoms with Gasteiger partial charge in [-0.05, 0) is 92.8 Å². The number of methoxy groups -OCH3 is 1. The van der Waals surface area contributed by atoms with Gasteiger partial charge in [-0.3, -0.25) is 9.36 Å². The van der Waals surface area contributed by atoms with Crippen molar-refractivity contribution >= 4 is 22.5 Å². The minimum Gasteiger partial charge on any atom is -0.497 e.